The fourth-order valence-corrected chi connectivity index (χ4v) is 3.15. The maximum Gasteiger partial charge on any atom is 0.131 e. The first-order valence-electron chi connectivity index (χ1n) is 6.19. The van der Waals surface area contributed by atoms with Crippen molar-refractivity contribution in [1.82, 2.24) is 4.31 Å². The van der Waals surface area contributed by atoms with Gasteiger partial charge in [0.1, 0.15) is 11.3 Å². The van der Waals surface area contributed by atoms with Gasteiger partial charge in [-0.2, -0.15) is 0 Å². The molecule has 0 N–H and O–H groups in total. The molecule has 1 aromatic rings. The fraction of sp³-hybridized carbons (Fsp3) is 0.429. The van der Waals surface area contributed by atoms with Gasteiger partial charge in [-0.1, -0.05) is 30.4 Å². The van der Waals surface area contributed by atoms with E-state index in [1.54, 1.807) is 11.9 Å². The van der Waals surface area contributed by atoms with E-state index in [2.05, 4.69) is 66.4 Å². The Kier molecular flexibility index (Phi) is 4.16. The number of anilines is 1. The Labute approximate surface area is 124 Å². The summed E-state index contributed by atoms with van der Waals surface area (Å²) < 4.78 is 2.14. The topological polar surface area (TPSA) is 18.8 Å². The van der Waals surface area contributed by atoms with Crippen LogP contribution >= 0.6 is 24.2 Å². The molecule has 0 aliphatic carbocycles. The molecule has 0 amide bonds. The van der Waals surface area contributed by atoms with Gasteiger partial charge >= 0.3 is 0 Å². The molecule has 0 fully saturated rings. The first-order valence-corrected chi connectivity index (χ1v) is 7.54. The van der Waals surface area contributed by atoms with Gasteiger partial charge in [-0.15, -0.1) is 0 Å². The van der Waals surface area contributed by atoms with Gasteiger partial charge in [0.05, 0.1) is 5.54 Å². The summed E-state index contributed by atoms with van der Waals surface area (Å²) in [6, 6.07) is 8.46. The minimum Gasteiger partial charge on any atom is -0.377 e. The monoisotopic (exact) mass is 293 g/mol. The van der Waals surface area contributed by atoms with Crippen LogP contribution in [0, 0.1) is 0 Å². The summed E-state index contributed by atoms with van der Waals surface area (Å²) in [5, 5.41) is 0. The molecule has 0 unspecified atom stereocenters. The van der Waals surface area contributed by atoms with Crippen LogP contribution in [0.25, 0.3) is 0 Å². The molecule has 2 rings (SSSR count). The van der Waals surface area contributed by atoms with E-state index >= 15 is 0 Å². The van der Waals surface area contributed by atoms with E-state index in [0.29, 0.717) is 0 Å². The average molecular weight is 293 g/mol. The molecule has 0 spiro atoms. The lowest BCUT2D eigenvalue weighted by molar-refractivity contribution is 0.488. The highest BCUT2D eigenvalue weighted by Crippen LogP contribution is 2.32. The Morgan fingerprint density at radius 1 is 1.32 bits per heavy atom. The molecule has 0 radical (unpaired) electrons. The number of hydrogen-bond donors (Lipinski definition) is 0. The SMILES string of the molecule is CN(C)c1ccccc1CSN1C=NC(=S)C1(C)C. The van der Waals surface area contributed by atoms with Gasteiger partial charge in [-0.25, -0.2) is 4.99 Å². The van der Waals surface area contributed by atoms with Crippen LogP contribution < -0.4 is 4.90 Å². The smallest absolute Gasteiger partial charge is 0.131 e. The highest BCUT2D eigenvalue weighted by atomic mass is 32.2. The quantitative estimate of drug-likeness (QED) is 0.626. The lowest BCUT2D eigenvalue weighted by Crippen LogP contribution is -2.38. The van der Waals surface area contributed by atoms with E-state index in [4.69, 9.17) is 12.2 Å². The number of thiocarbonyl (C=S) groups is 1. The minimum absolute atomic E-state index is 0.174. The second-order valence-electron chi connectivity index (χ2n) is 5.23. The Morgan fingerprint density at radius 2 is 2.00 bits per heavy atom. The van der Waals surface area contributed by atoms with Gasteiger partial charge in [0.2, 0.25) is 0 Å². The summed E-state index contributed by atoms with van der Waals surface area (Å²) in [6.07, 6.45) is 1.84. The second-order valence-corrected chi connectivity index (χ2v) is 6.56. The molecule has 0 bridgehead atoms. The molecule has 19 heavy (non-hydrogen) atoms. The van der Waals surface area contributed by atoms with E-state index in [0.717, 1.165) is 10.7 Å². The Morgan fingerprint density at radius 3 is 2.58 bits per heavy atom. The molecule has 0 saturated carbocycles. The number of benzene rings is 1. The molecular weight excluding hydrogens is 274 g/mol. The van der Waals surface area contributed by atoms with Crippen LogP contribution in [0.1, 0.15) is 19.4 Å². The molecule has 0 atom stereocenters. The molecular formula is C14H19N3S2. The van der Waals surface area contributed by atoms with Crippen LogP contribution in [0.4, 0.5) is 5.69 Å². The summed E-state index contributed by atoms with van der Waals surface area (Å²) in [5.41, 5.74) is 2.40. The second kappa shape index (κ2) is 5.51. The molecule has 1 aromatic carbocycles. The zero-order valence-electron chi connectivity index (χ0n) is 11.8. The van der Waals surface area contributed by atoms with Gasteiger partial charge in [0, 0.05) is 25.5 Å². The maximum absolute atomic E-state index is 5.27. The van der Waals surface area contributed by atoms with Crippen molar-refractivity contribution >= 4 is 41.2 Å². The normalized spacial score (nSPS) is 17.1. The van der Waals surface area contributed by atoms with Crippen LogP contribution in [0.2, 0.25) is 0 Å². The van der Waals surface area contributed by atoms with Crippen LogP contribution in [-0.2, 0) is 5.75 Å². The highest BCUT2D eigenvalue weighted by Gasteiger charge is 2.34. The zero-order valence-corrected chi connectivity index (χ0v) is 13.4. The van der Waals surface area contributed by atoms with Crippen molar-refractivity contribution in [3.05, 3.63) is 29.8 Å². The number of rotatable bonds is 4. The third-order valence-electron chi connectivity index (χ3n) is 3.19. The fourth-order valence-electron chi connectivity index (χ4n) is 1.90. The number of hydrogen-bond acceptors (Lipinski definition) is 4. The molecule has 0 saturated heterocycles. The Balaban J connectivity index is 2.08. The molecule has 1 heterocycles. The average Bonchev–Trinajstić information content (AvgIpc) is 2.62. The lowest BCUT2D eigenvalue weighted by atomic mass is 10.1. The zero-order chi connectivity index (χ0) is 14.0. The van der Waals surface area contributed by atoms with Gasteiger partial charge in [-0.05, 0) is 37.4 Å². The van der Waals surface area contributed by atoms with Crippen molar-refractivity contribution in [3.63, 3.8) is 0 Å². The number of para-hydroxylation sites is 1. The van der Waals surface area contributed by atoms with Crippen molar-refractivity contribution in [3.8, 4) is 0 Å². The van der Waals surface area contributed by atoms with Gasteiger partial charge in [-0.3, -0.25) is 4.31 Å². The lowest BCUT2D eigenvalue weighted by Gasteiger charge is -2.29. The summed E-state index contributed by atoms with van der Waals surface area (Å²) in [4.78, 5) is 7.13. The molecule has 0 aromatic heterocycles. The van der Waals surface area contributed by atoms with E-state index in [1.165, 1.54) is 11.3 Å². The predicted molar refractivity (Wildman–Crippen MR) is 89.1 cm³/mol. The Bertz CT molecular complexity index is 509. The van der Waals surface area contributed by atoms with Crippen LogP contribution in [-0.4, -0.2) is 35.3 Å². The van der Waals surface area contributed by atoms with Gasteiger partial charge < -0.3 is 4.90 Å². The van der Waals surface area contributed by atoms with Gasteiger partial charge in [0.15, 0.2) is 0 Å². The third kappa shape index (κ3) is 2.92. The van der Waals surface area contributed by atoms with Crippen molar-refractivity contribution < 1.29 is 0 Å². The number of nitrogens with zero attached hydrogens (tertiary/aromatic N) is 3. The molecule has 1 aliphatic heterocycles. The van der Waals surface area contributed by atoms with Crippen LogP contribution in [0.5, 0.6) is 0 Å². The minimum atomic E-state index is -0.174. The van der Waals surface area contributed by atoms with Crippen molar-refractivity contribution in [2.45, 2.75) is 25.1 Å². The van der Waals surface area contributed by atoms with E-state index in [-0.39, 0.29) is 5.54 Å². The largest absolute Gasteiger partial charge is 0.377 e. The Hall–Kier alpha value is -1.07. The first kappa shape index (κ1) is 14.3. The third-order valence-corrected chi connectivity index (χ3v) is 5.06. The molecule has 5 heteroatoms. The summed E-state index contributed by atoms with van der Waals surface area (Å²) in [5.74, 6) is 0.909. The number of aliphatic imine (C=N–C) groups is 1. The van der Waals surface area contributed by atoms with E-state index < -0.39 is 0 Å². The van der Waals surface area contributed by atoms with Crippen LogP contribution in [0.3, 0.4) is 0 Å². The first-order chi connectivity index (χ1) is 8.93. The van der Waals surface area contributed by atoms with Crippen molar-refractivity contribution in [2.75, 3.05) is 19.0 Å². The van der Waals surface area contributed by atoms with E-state index in [9.17, 15) is 0 Å². The summed E-state index contributed by atoms with van der Waals surface area (Å²) in [7, 11) is 4.14. The maximum atomic E-state index is 5.27. The molecule has 102 valence electrons. The molecule has 1 aliphatic rings. The summed E-state index contributed by atoms with van der Waals surface area (Å²) in [6.45, 7) is 4.21. The van der Waals surface area contributed by atoms with Crippen molar-refractivity contribution in [2.24, 2.45) is 4.99 Å². The van der Waals surface area contributed by atoms with Gasteiger partial charge in [0.25, 0.3) is 0 Å². The summed E-state index contributed by atoms with van der Waals surface area (Å²) >= 11 is 7.02. The van der Waals surface area contributed by atoms with E-state index in [1.807, 2.05) is 6.34 Å². The predicted octanol–water partition coefficient (Wildman–Crippen LogP) is 3.35. The molecule has 3 nitrogen and oxygen atoms in total. The standard InChI is InChI=1S/C14H19N3S2/c1-14(2)13(18)15-10-17(14)19-9-11-7-5-6-8-12(11)16(3)4/h5-8,10H,9H2,1-4H3. The van der Waals surface area contributed by atoms with Crippen molar-refractivity contribution in [1.29, 1.82) is 0 Å². The highest BCUT2D eigenvalue weighted by molar-refractivity contribution is 7.96. The van der Waals surface area contributed by atoms with Crippen LogP contribution in [0.15, 0.2) is 29.3 Å².